The van der Waals surface area contributed by atoms with E-state index >= 15 is 0 Å². The lowest BCUT2D eigenvalue weighted by molar-refractivity contribution is -0.132. The van der Waals surface area contributed by atoms with Gasteiger partial charge in [0.15, 0.2) is 0 Å². The summed E-state index contributed by atoms with van der Waals surface area (Å²) in [5.74, 6) is -0.401. The second-order valence-corrected chi connectivity index (χ2v) is 9.14. The molecule has 0 N–H and O–H groups in total. The molecule has 1 aromatic heterocycles. The average Bonchev–Trinajstić information content (AvgIpc) is 3.15. The summed E-state index contributed by atoms with van der Waals surface area (Å²) in [4.78, 5) is 15.4. The standard InChI is InChI=1S/C18H21FN2O3S2/c19-15-6-8-17(9-7-15)26(23,24)21-12-10-20(11-13-21)18(22)5-1-3-16-4-2-14-25-16/h2,4,6-9,14H,1,3,5,10-13H2. The number of halogens is 1. The molecule has 1 amide bonds. The Bertz CT molecular complexity index is 828. The van der Waals surface area contributed by atoms with Gasteiger partial charge >= 0.3 is 0 Å². The molecule has 0 spiro atoms. The highest BCUT2D eigenvalue weighted by molar-refractivity contribution is 7.89. The van der Waals surface area contributed by atoms with Gasteiger partial charge in [-0.3, -0.25) is 4.79 Å². The summed E-state index contributed by atoms with van der Waals surface area (Å²) in [6.45, 7) is 1.29. The molecule has 0 bridgehead atoms. The number of sulfonamides is 1. The van der Waals surface area contributed by atoms with Crippen LogP contribution in [0, 0.1) is 5.82 Å². The molecule has 1 aliphatic rings. The largest absolute Gasteiger partial charge is 0.340 e. The topological polar surface area (TPSA) is 57.7 Å². The maximum atomic E-state index is 13.0. The highest BCUT2D eigenvalue weighted by Gasteiger charge is 2.29. The zero-order valence-corrected chi connectivity index (χ0v) is 15.9. The lowest BCUT2D eigenvalue weighted by atomic mass is 10.2. The van der Waals surface area contributed by atoms with Crippen molar-refractivity contribution in [1.82, 2.24) is 9.21 Å². The van der Waals surface area contributed by atoms with Gasteiger partial charge in [-0.05, 0) is 48.6 Å². The number of rotatable bonds is 6. The van der Waals surface area contributed by atoms with Crippen LogP contribution in [0.3, 0.4) is 0 Å². The summed E-state index contributed by atoms with van der Waals surface area (Å²) in [6, 6.07) is 8.89. The number of amides is 1. The summed E-state index contributed by atoms with van der Waals surface area (Å²) in [7, 11) is -3.64. The molecule has 0 unspecified atom stereocenters. The number of carbonyl (C=O) groups excluding carboxylic acids is 1. The van der Waals surface area contributed by atoms with E-state index in [1.807, 2.05) is 11.4 Å². The average molecular weight is 397 g/mol. The highest BCUT2D eigenvalue weighted by Crippen LogP contribution is 2.19. The van der Waals surface area contributed by atoms with Gasteiger partial charge in [0, 0.05) is 37.5 Å². The van der Waals surface area contributed by atoms with Gasteiger partial charge in [0.2, 0.25) is 15.9 Å². The second-order valence-electron chi connectivity index (χ2n) is 6.17. The maximum Gasteiger partial charge on any atom is 0.243 e. The van der Waals surface area contributed by atoms with Crippen LogP contribution in [0.15, 0.2) is 46.7 Å². The molecule has 1 aliphatic heterocycles. The number of carbonyl (C=O) groups is 1. The molecule has 8 heteroatoms. The van der Waals surface area contributed by atoms with E-state index in [-0.39, 0.29) is 23.9 Å². The van der Waals surface area contributed by atoms with Crippen LogP contribution in [0.25, 0.3) is 0 Å². The van der Waals surface area contributed by atoms with Crippen molar-refractivity contribution in [2.45, 2.75) is 24.2 Å². The van der Waals surface area contributed by atoms with E-state index in [0.717, 1.165) is 25.0 Å². The molecule has 3 rings (SSSR count). The maximum absolute atomic E-state index is 13.0. The lowest BCUT2D eigenvalue weighted by Crippen LogP contribution is -2.50. The fourth-order valence-corrected chi connectivity index (χ4v) is 5.13. The Labute approximate surface area is 157 Å². The molecule has 0 radical (unpaired) electrons. The molecule has 140 valence electrons. The first-order valence-electron chi connectivity index (χ1n) is 8.53. The number of benzene rings is 1. The molecule has 0 aliphatic carbocycles. The molecule has 0 saturated carbocycles. The van der Waals surface area contributed by atoms with Crippen molar-refractivity contribution >= 4 is 27.3 Å². The lowest BCUT2D eigenvalue weighted by Gasteiger charge is -2.34. The van der Waals surface area contributed by atoms with Gasteiger partial charge in [0.1, 0.15) is 5.82 Å². The first-order valence-corrected chi connectivity index (χ1v) is 10.8. The Morgan fingerprint density at radius 3 is 2.38 bits per heavy atom. The molecule has 1 aromatic carbocycles. The van der Waals surface area contributed by atoms with Gasteiger partial charge in [-0.2, -0.15) is 4.31 Å². The fourth-order valence-electron chi connectivity index (χ4n) is 2.96. The SMILES string of the molecule is O=C(CCCc1cccs1)N1CCN(S(=O)(=O)c2ccc(F)cc2)CC1. The van der Waals surface area contributed by atoms with Crippen molar-refractivity contribution < 1.29 is 17.6 Å². The van der Waals surface area contributed by atoms with Crippen molar-refractivity contribution in [2.75, 3.05) is 26.2 Å². The van der Waals surface area contributed by atoms with E-state index in [2.05, 4.69) is 6.07 Å². The quantitative estimate of drug-likeness (QED) is 0.754. The van der Waals surface area contributed by atoms with Crippen LogP contribution in [0.5, 0.6) is 0 Å². The van der Waals surface area contributed by atoms with Crippen LogP contribution in [0.4, 0.5) is 4.39 Å². The van der Waals surface area contributed by atoms with Crippen LogP contribution in [-0.2, 0) is 21.2 Å². The van der Waals surface area contributed by atoms with E-state index in [4.69, 9.17) is 0 Å². The van der Waals surface area contributed by atoms with Crippen molar-refractivity contribution in [3.05, 3.63) is 52.5 Å². The van der Waals surface area contributed by atoms with Crippen molar-refractivity contribution in [2.24, 2.45) is 0 Å². The summed E-state index contributed by atoms with van der Waals surface area (Å²) >= 11 is 1.69. The predicted octanol–water partition coefficient (Wildman–Crippen LogP) is 2.74. The van der Waals surface area contributed by atoms with Gasteiger partial charge in [0.25, 0.3) is 0 Å². The molecular weight excluding hydrogens is 375 g/mol. The monoisotopic (exact) mass is 396 g/mol. The summed E-state index contributed by atoms with van der Waals surface area (Å²) in [6.07, 6.45) is 2.17. The van der Waals surface area contributed by atoms with Crippen LogP contribution in [0.2, 0.25) is 0 Å². The first-order chi connectivity index (χ1) is 12.5. The molecule has 2 aromatic rings. The molecule has 2 heterocycles. The summed E-state index contributed by atoms with van der Waals surface area (Å²) in [5, 5.41) is 2.03. The van der Waals surface area contributed by atoms with E-state index in [1.165, 1.54) is 21.3 Å². The smallest absolute Gasteiger partial charge is 0.243 e. The van der Waals surface area contributed by atoms with E-state index in [0.29, 0.717) is 19.5 Å². The van der Waals surface area contributed by atoms with Crippen LogP contribution in [0.1, 0.15) is 17.7 Å². The number of piperazine rings is 1. The number of hydrogen-bond donors (Lipinski definition) is 0. The summed E-state index contributed by atoms with van der Waals surface area (Å²) in [5.41, 5.74) is 0. The van der Waals surface area contributed by atoms with Crippen LogP contribution >= 0.6 is 11.3 Å². The van der Waals surface area contributed by atoms with E-state index < -0.39 is 15.8 Å². The third-order valence-electron chi connectivity index (χ3n) is 4.44. The zero-order chi connectivity index (χ0) is 18.6. The molecule has 26 heavy (non-hydrogen) atoms. The number of thiophene rings is 1. The molecule has 0 atom stereocenters. The van der Waals surface area contributed by atoms with Gasteiger partial charge in [-0.1, -0.05) is 6.07 Å². The Morgan fingerprint density at radius 2 is 1.77 bits per heavy atom. The Morgan fingerprint density at radius 1 is 1.08 bits per heavy atom. The first kappa shape index (κ1) is 19.0. The molecule has 1 fully saturated rings. The minimum atomic E-state index is -3.64. The minimum absolute atomic E-state index is 0.0698. The number of aryl methyl sites for hydroxylation is 1. The third kappa shape index (κ3) is 4.49. The molecule has 1 saturated heterocycles. The number of nitrogens with zero attached hydrogens (tertiary/aromatic N) is 2. The second kappa shape index (κ2) is 8.28. The van der Waals surface area contributed by atoms with Crippen LogP contribution in [-0.4, -0.2) is 49.7 Å². The fraction of sp³-hybridized carbons (Fsp3) is 0.389. The Hall–Kier alpha value is -1.77. The van der Waals surface area contributed by atoms with Gasteiger partial charge in [-0.15, -0.1) is 11.3 Å². The number of hydrogen-bond acceptors (Lipinski definition) is 4. The zero-order valence-electron chi connectivity index (χ0n) is 14.3. The highest BCUT2D eigenvalue weighted by atomic mass is 32.2. The Balaban J connectivity index is 1.50. The molecule has 5 nitrogen and oxygen atoms in total. The van der Waals surface area contributed by atoms with Gasteiger partial charge < -0.3 is 4.90 Å². The summed E-state index contributed by atoms with van der Waals surface area (Å²) < 4.78 is 39.5. The van der Waals surface area contributed by atoms with E-state index in [1.54, 1.807) is 16.2 Å². The van der Waals surface area contributed by atoms with Gasteiger partial charge in [-0.25, -0.2) is 12.8 Å². The molecular formula is C18H21FN2O3S2. The normalized spacial score (nSPS) is 16.0. The Kier molecular flexibility index (Phi) is 6.05. The van der Waals surface area contributed by atoms with Crippen molar-refractivity contribution in [3.8, 4) is 0 Å². The minimum Gasteiger partial charge on any atom is -0.340 e. The predicted molar refractivity (Wildman–Crippen MR) is 99.0 cm³/mol. The van der Waals surface area contributed by atoms with Crippen molar-refractivity contribution in [1.29, 1.82) is 0 Å². The third-order valence-corrected chi connectivity index (χ3v) is 7.29. The van der Waals surface area contributed by atoms with E-state index in [9.17, 15) is 17.6 Å². The van der Waals surface area contributed by atoms with Gasteiger partial charge in [0.05, 0.1) is 4.90 Å². The van der Waals surface area contributed by atoms with Crippen LogP contribution < -0.4 is 0 Å². The van der Waals surface area contributed by atoms with Crippen molar-refractivity contribution in [3.63, 3.8) is 0 Å².